The smallest absolute Gasteiger partial charge is 0.253 e. The zero-order chi connectivity index (χ0) is 18.5. The maximum absolute atomic E-state index is 12.2. The van der Waals surface area contributed by atoms with Crippen LogP contribution >= 0.6 is 12.4 Å². The molecule has 0 aromatic carbocycles. The molecule has 0 unspecified atom stereocenters. The van der Waals surface area contributed by atoms with Gasteiger partial charge in [0.1, 0.15) is 5.82 Å². The molecule has 3 rings (SSSR count). The Kier molecular flexibility index (Phi) is 7.36. The van der Waals surface area contributed by atoms with E-state index in [1.807, 2.05) is 32.1 Å². The third-order valence-corrected chi connectivity index (χ3v) is 4.69. The predicted molar refractivity (Wildman–Crippen MR) is 110 cm³/mol. The summed E-state index contributed by atoms with van der Waals surface area (Å²) in [5.41, 5.74) is 1.67. The van der Waals surface area contributed by atoms with Gasteiger partial charge in [0.15, 0.2) is 0 Å². The number of nitrogens with one attached hydrogen (secondary N) is 2. The molecular weight excluding hydrogens is 364 g/mol. The van der Waals surface area contributed by atoms with Crippen LogP contribution in [0.2, 0.25) is 0 Å². The molecule has 2 N–H and O–H groups in total. The minimum absolute atomic E-state index is 0. The van der Waals surface area contributed by atoms with Crippen LogP contribution in [0.4, 0.5) is 11.8 Å². The van der Waals surface area contributed by atoms with Gasteiger partial charge in [-0.05, 0) is 44.7 Å². The molecule has 7 nitrogen and oxygen atoms in total. The molecule has 2 aromatic heterocycles. The quantitative estimate of drug-likeness (QED) is 0.816. The average molecular weight is 391 g/mol. The molecule has 2 aromatic rings. The number of anilines is 2. The minimum Gasteiger partial charge on any atom is -0.362 e. The number of amides is 1. The van der Waals surface area contributed by atoms with Crippen molar-refractivity contribution in [3.63, 3.8) is 0 Å². The summed E-state index contributed by atoms with van der Waals surface area (Å²) in [6.45, 7) is 2.01. The lowest BCUT2D eigenvalue weighted by Gasteiger charge is -2.30. The van der Waals surface area contributed by atoms with Crippen molar-refractivity contribution >= 4 is 30.1 Å². The Morgan fingerprint density at radius 3 is 2.48 bits per heavy atom. The SMILES string of the molecule is Cc1cnc(NC2CCC(NC(=O)c3cccnc3)CC2)nc1N(C)C.Cl. The fourth-order valence-electron chi connectivity index (χ4n) is 3.29. The highest BCUT2D eigenvalue weighted by atomic mass is 35.5. The van der Waals surface area contributed by atoms with E-state index in [2.05, 4.69) is 25.6 Å². The Bertz CT molecular complexity index is 747. The van der Waals surface area contributed by atoms with Crippen molar-refractivity contribution in [3.05, 3.63) is 41.9 Å². The van der Waals surface area contributed by atoms with Gasteiger partial charge in [0.25, 0.3) is 5.91 Å². The van der Waals surface area contributed by atoms with Crippen LogP contribution in [-0.2, 0) is 0 Å². The minimum atomic E-state index is -0.0491. The van der Waals surface area contributed by atoms with E-state index < -0.39 is 0 Å². The molecule has 1 amide bonds. The highest BCUT2D eigenvalue weighted by Gasteiger charge is 2.23. The number of rotatable bonds is 5. The van der Waals surface area contributed by atoms with E-state index in [-0.39, 0.29) is 24.4 Å². The van der Waals surface area contributed by atoms with E-state index in [1.54, 1.807) is 24.5 Å². The zero-order valence-electron chi connectivity index (χ0n) is 16.0. The predicted octanol–water partition coefficient (Wildman–Crippen LogP) is 2.82. The lowest BCUT2D eigenvalue weighted by molar-refractivity contribution is 0.0926. The molecule has 0 atom stereocenters. The molecule has 8 heteroatoms. The van der Waals surface area contributed by atoms with Crippen molar-refractivity contribution in [2.75, 3.05) is 24.3 Å². The van der Waals surface area contributed by atoms with Gasteiger partial charge in [-0.3, -0.25) is 9.78 Å². The summed E-state index contributed by atoms with van der Waals surface area (Å²) in [7, 11) is 3.96. The maximum Gasteiger partial charge on any atom is 0.253 e. The van der Waals surface area contributed by atoms with Crippen LogP contribution in [0.25, 0.3) is 0 Å². The van der Waals surface area contributed by atoms with Gasteiger partial charge in [-0.2, -0.15) is 4.98 Å². The monoisotopic (exact) mass is 390 g/mol. The van der Waals surface area contributed by atoms with Gasteiger partial charge < -0.3 is 15.5 Å². The average Bonchev–Trinajstić information content (AvgIpc) is 2.65. The molecule has 2 heterocycles. The first-order chi connectivity index (χ1) is 12.5. The molecule has 146 valence electrons. The van der Waals surface area contributed by atoms with Crippen LogP contribution in [0.15, 0.2) is 30.7 Å². The molecule has 0 aliphatic heterocycles. The molecule has 1 fully saturated rings. The third kappa shape index (κ3) is 5.53. The van der Waals surface area contributed by atoms with Crippen LogP contribution in [0.5, 0.6) is 0 Å². The van der Waals surface area contributed by atoms with Gasteiger partial charge in [0.05, 0.1) is 5.56 Å². The zero-order valence-corrected chi connectivity index (χ0v) is 16.8. The summed E-state index contributed by atoms with van der Waals surface area (Å²) in [5, 5.41) is 6.54. The second kappa shape index (κ2) is 9.50. The molecule has 0 saturated heterocycles. The highest BCUT2D eigenvalue weighted by molar-refractivity contribution is 5.94. The third-order valence-electron chi connectivity index (χ3n) is 4.69. The van der Waals surface area contributed by atoms with Crippen LogP contribution < -0.4 is 15.5 Å². The Hall–Kier alpha value is -2.41. The molecular formula is C19H27ClN6O. The molecule has 1 saturated carbocycles. The Labute approximate surface area is 166 Å². The molecule has 1 aliphatic rings. The number of hydrogen-bond donors (Lipinski definition) is 2. The van der Waals surface area contributed by atoms with Gasteiger partial charge in [-0.15, -0.1) is 12.4 Å². The summed E-state index contributed by atoms with van der Waals surface area (Å²) in [4.78, 5) is 27.2. The maximum atomic E-state index is 12.2. The van der Waals surface area contributed by atoms with E-state index in [4.69, 9.17) is 0 Å². The summed E-state index contributed by atoms with van der Waals surface area (Å²) >= 11 is 0. The first-order valence-electron chi connectivity index (χ1n) is 9.01. The summed E-state index contributed by atoms with van der Waals surface area (Å²) in [6, 6.07) is 4.10. The number of halogens is 1. The van der Waals surface area contributed by atoms with Crippen LogP contribution in [0, 0.1) is 6.92 Å². The van der Waals surface area contributed by atoms with E-state index >= 15 is 0 Å². The number of nitrogens with zero attached hydrogens (tertiary/aromatic N) is 4. The fraction of sp³-hybridized carbons (Fsp3) is 0.474. The number of carbonyl (C=O) groups excluding carboxylic acids is 1. The molecule has 0 radical (unpaired) electrons. The standard InChI is InChI=1S/C19H26N6O.ClH/c1-13-11-21-19(24-17(13)25(2)3)23-16-8-6-15(7-9-16)22-18(26)14-5-4-10-20-12-14;/h4-5,10-12,15-16H,6-9H2,1-3H3,(H,22,26)(H,21,23,24);1H. The number of aryl methyl sites for hydroxylation is 1. The van der Waals surface area contributed by atoms with Gasteiger partial charge >= 0.3 is 0 Å². The summed E-state index contributed by atoms with van der Waals surface area (Å²) < 4.78 is 0. The first-order valence-corrected chi connectivity index (χ1v) is 9.01. The van der Waals surface area contributed by atoms with Crippen molar-refractivity contribution in [3.8, 4) is 0 Å². The van der Waals surface area contributed by atoms with Crippen molar-refractivity contribution in [2.45, 2.75) is 44.7 Å². The van der Waals surface area contributed by atoms with Crippen molar-refractivity contribution in [2.24, 2.45) is 0 Å². The van der Waals surface area contributed by atoms with E-state index in [0.29, 0.717) is 17.6 Å². The van der Waals surface area contributed by atoms with Gasteiger partial charge in [-0.1, -0.05) is 0 Å². The van der Waals surface area contributed by atoms with Crippen LogP contribution in [-0.4, -0.2) is 47.0 Å². The van der Waals surface area contributed by atoms with Crippen molar-refractivity contribution in [1.82, 2.24) is 20.3 Å². The van der Waals surface area contributed by atoms with Gasteiger partial charge in [0, 0.05) is 50.3 Å². The number of hydrogen-bond acceptors (Lipinski definition) is 6. The Morgan fingerprint density at radius 1 is 1.15 bits per heavy atom. The lowest BCUT2D eigenvalue weighted by Crippen LogP contribution is -2.40. The molecule has 1 aliphatic carbocycles. The lowest BCUT2D eigenvalue weighted by atomic mass is 9.91. The largest absolute Gasteiger partial charge is 0.362 e. The first kappa shape index (κ1) is 20.9. The number of aromatic nitrogens is 3. The molecule has 27 heavy (non-hydrogen) atoms. The summed E-state index contributed by atoms with van der Waals surface area (Å²) in [5.74, 6) is 1.55. The molecule has 0 bridgehead atoms. The second-order valence-corrected chi connectivity index (χ2v) is 7.00. The fourth-order valence-corrected chi connectivity index (χ4v) is 3.29. The summed E-state index contributed by atoms with van der Waals surface area (Å²) in [6.07, 6.45) is 8.96. The van der Waals surface area contributed by atoms with E-state index in [1.165, 1.54) is 0 Å². The van der Waals surface area contributed by atoms with Gasteiger partial charge in [0.2, 0.25) is 5.95 Å². The Morgan fingerprint density at radius 2 is 1.85 bits per heavy atom. The molecule has 0 spiro atoms. The van der Waals surface area contributed by atoms with Crippen molar-refractivity contribution in [1.29, 1.82) is 0 Å². The number of pyridine rings is 1. The van der Waals surface area contributed by atoms with E-state index in [0.717, 1.165) is 37.1 Å². The van der Waals surface area contributed by atoms with Crippen LogP contribution in [0.1, 0.15) is 41.6 Å². The topological polar surface area (TPSA) is 83.0 Å². The highest BCUT2D eigenvalue weighted by Crippen LogP contribution is 2.23. The number of carbonyl (C=O) groups is 1. The second-order valence-electron chi connectivity index (χ2n) is 7.00. The van der Waals surface area contributed by atoms with Gasteiger partial charge in [-0.25, -0.2) is 4.98 Å². The van der Waals surface area contributed by atoms with Crippen molar-refractivity contribution < 1.29 is 4.79 Å². The van der Waals surface area contributed by atoms with E-state index in [9.17, 15) is 4.79 Å². The van der Waals surface area contributed by atoms with Crippen LogP contribution in [0.3, 0.4) is 0 Å². The Balaban J connectivity index is 0.00000261. The normalized spacial score (nSPS) is 18.9.